The van der Waals surface area contributed by atoms with E-state index in [2.05, 4.69) is 132 Å². The van der Waals surface area contributed by atoms with Crippen LogP contribution in [0.25, 0.3) is 73.1 Å². The topological polar surface area (TPSA) is 16.4 Å². The molecule has 0 unspecified atom stereocenters. The molecule has 44 heavy (non-hydrogen) atoms. The van der Waals surface area contributed by atoms with Crippen molar-refractivity contribution in [2.75, 3.05) is 4.90 Å². The molecule has 0 bridgehead atoms. The smallest absolute Gasteiger partial charge is 0.137 e. The van der Waals surface area contributed by atoms with Crippen molar-refractivity contribution in [3.63, 3.8) is 0 Å². The molecule has 10 rings (SSSR count). The van der Waals surface area contributed by atoms with Crippen LogP contribution in [0.3, 0.4) is 0 Å². The van der Waals surface area contributed by atoms with E-state index < -0.39 is 0 Å². The molecular formula is C40H23NOS2. The van der Waals surface area contributed by atoms with Gasteiger partial charge in [0.05, 0.1) is 10.4 Å². The molecule has 0 spiro atoms. The highest BCUT2D eigenvalue weighted by Gasteiger charge is 2.22. The number of furan rings is 1. The van der Waals surface area contributed by atoms with E-state index in [1.807, 2.05) is 34.8 Å². The van der Waals surface area contributed by atoms with E-state index in [4.69, 9.17) is 4.42 Å². The summed E-state index contributed by atoms with van der Waals surface area (Å²) in [6.07, 6.45) is 0. The van der Waals surface area contributed by atoms with E-state index >= 15 is 0 Å². The van der Waals surface area contributed by atoms with Gasteiger partial charge < -0.3 is 9.32 Å². The normalized spacial score (nSPS) is 12.1. The van der Waals surface area contributed by atoms with Gasteiger partial charge in [0.1, 0.15) is 11.2 Å². The molecule has 3 aromatic heterocycles. The predicted octanol–water partition coefficient (Wildman–Crippen LogP) is 12.9. The predicted molar refractivity (Wildman–Crippen MR) is 192 cm³/mol. The zero-order valence-corrected chi connectivity index (χ0v) is 25.1. The van der Waals surface area contributed by atoms with E-state index in [0.717, 1.165) is 33.3 Å². The fourth-order valence-corrected chi connectivity index (χ4v) is 9.22. The maximum Gasteiger partial charge on any atom is 0.137 e. The molecule has 0 fully saturated rings. The number of benzene rings is 7. The van der Waals surface area contributed by atoms with Crippen LogP contribution >= 0.6 is 22.7 Å². The van der Waals surface area contributed by atoms with Crippen molar-refractivity contribution in [2.24, 2.45) is 0 Å². The lowest BCUT2D eigenvalue weighted by molar-refractivity contribution is 0.669. The summed E-state index contributed by atoms with van der Waals surface area (Å²) in [4.78, 5) is 2.43. The summed E-state index contributed by atoms with van der Waals surface area (Å²) in [7, 11) is 0. The van der Waals surface area contributed by atoms with E-state index in [1.165, 1.54) is 56.8 Å². The first-order chi connectivity index (χ1) is 21.8. The largest absolute Gasteiger partial charge is 0.456 e. The summed E-state index contributed by atoms with van der Waals surface area (Å²) in [5.41, 5.74) is 5.19. The van der Waals surface area contributed by atoms with Crippen LogP contribution in [-0.4, -0.2) is 0 Å². The van der Waals surface area contributed by atoms with Crippen LogP contribution in [0.2, 0.25) is 0 Å². The molecular weight excluding hydrogens is 575 g/mol. The Hall–Kier alpha value is -5.16. The van der Waals surface area contributed by atoms with Crippen LogP contribution in [0.1, 0.15) is 0 Å². The molecule has 206 valence electrons. The van der Waals surface area contributed by atoms with Crippen molar-refractivity contribution in [2.45, 2.75) is 0 Å². The third-order valence-electron chi connectivity index (χ3n) is 8.83. The van der Waals surface area contributed by atoms with Gasteiger partial charge in [-0.25, -0.2) is 0 Å². The summed E-state index contributed by atoms with van der Waals surface area (Å²) in [5, 5.41) is 10.0. The molecule has 0 atom stereocenters. The number of para-hydroxylation sites is 1. The molecule has 0 aliphatic rings. The monoisotopic (exact) mass is 597 g/mol. The minimum Gasteiger partial charge on any atom is -0.456 e. The number of nitrogens with zero attached hydrogens (tertiary/aromatic N) is 1. The highest BCUT2D eigenvalue weighted by atomic mass is 32.1. The van der Waals surface area contributed by atoms with Crippen LogP contribution in [0, 0.1) is 0 Å². The van der Waals surface area contributed by atoms with E-state index in [0.29, 0.717) is 0 Å². The molecule has 0 aliphatic heterocycles. The molecule has 0 radical (unpaired) electrons. The van der Waals surface area contributed by atoms with Gasteiger partial charge in [-0.2, -0.15) is 0 Å². The molecule has 10 aromatic rings. The number of hydrogen-bond acceptors (Lipinski definition) is 4. The lowest BCUT2D eigenvalue weighted by Crippen LogP contribution is -2.10. The minimum atomic E-state index is 0.894. The van der Waals surface area contributed by atoms with Crippen LogP contribution in [0.15, 0.2) is 144 Å². The Morgan fingerprint density at radius 1 is 0.432 bits per heavy atom. The van der Waals surface area contributed by atoms with Crippen LogP contribution < -0.4 is 4.90 Å². The number of anilines is 3. The highest BCUT2D eigenvalue weighted by molar-refractivity contribution is 7.26. The van der Waals surface area contributed by atoms with Crippen molar-refractivity contribution in [1.29, 1.82) is 0 Å². The van der Waals surface area contributed by atoms with Crippen molar-refractivity contribution < 1.29 is 4.42 Å². The summed E-state index contributed by atoms with van der Waals surface area (Å²) in [6, 6.07) is 50.5. The van der Waals surface area contributed by atoms with Gasteiger partial charge in [0.2, 0.25) is 0 Å². The lowest BCUT2D eigenvalue weighted by atomic mass is 10.0. The zero-order chi connectivity index (χ0) is 28.8. The van der Waals surface area contributed by atoms with Crippen LogP contribution in [0.5, 0.6) is 0 Å². The standard InChI is InChI=1S/C40H23NOS2/c1-2-10-27-24(9-1)21-33(40-39(27)32-13-5-8-16-37(32)44-40)41(25-17-19-29-28-11-3-6-14-34(28)42-35(29)22-25)26-18-20-31-30-12-4-7-15-36(30)43-38(31)23-26/h1-23H. The molecule has 0 saturated carbocycles. The Balaban J connectivity index is 1.31. The number of thiophene rings is 2. The highest BCUT2D eigenvalue weighted by Crippen LogP contribution is 2.49. The average Bonchev–Trinajstić information content (AvgIpc) is 3.76. The molecule has 3 heterocycles. The summed E-state index contributed by atoms with van der Waals surface area (Å²) < 4.78 is 11.6. The zero-order valence-electron chi connectivity index (χ0n) is 23.5. The van der Waals surface area contributed by atoms with E-state index in [1.54, 1.807) is 0 Å². The molecule has 0 saturated heterocycles. The average molecular weight is 598 g/mol. The first-order valence-electron chi connectivity index (χ1n) is 14.8. The maximum absolute atomic E-state index is 6.41. The Labute approximate surface area is 260 Å². The fourth-order valence-electron chi connectivity index (χ4n) is 6.86. The summed E-state index contributed by atoms with van der Waals surface area (Å²) in [6.45, 7) is 0. The van der Waals surface area contributed by atoms with E-state index in [9.17, 15) is 0 Å². The number of rotatable bonds is 3. The second kappa shape index (κ2) is 9.17. The van der Waals surface area contributed by atoms with Crippen LogP contribution in [-0.2, 0) is 0 Å². The Kier molecular flexibility index (Phi) is 5.06. The van der Waals surface area contributed by atoms with Gasteiger partial charge in [-0.1, -0.05) is 84.9 Å². The quantitative estimate of drug-likeness (QED) is 0.201. The lowest BCUT2D eigenvalue weighted by Gasteiger charge is -2.27. The van der Waals surface area contributed by atoms with Gasteiger partial charge in [-0.15, -0.1) is 22.7 Å². The van der Waals surface area contributed by atoms with Crippen molar-refractivity contribution in [3.8, 4) is 0 Å². The Morgan fingerprint density at radius 2 is 1.05 bits per heavy atom. The second-order valence-corrected chi connectivity index (χ2v) is 13.4. The fraction of sp³-hybridized carbons (Fsp3) is 0. The summed E-state index contributed by atoms with van der Waals surface area (Å²) >= 11 is 3.73. The SMILES string of the molecule is c1ccc2c(c1)cc(N(c1ccc3c(c1)oc1ccccc13)c1ccc3c(c1)sc1ccccc13)c1sc3ccccc3c12. The maximum atomic E-state index is 6.41. The molecule has 0 N–H and O–H groups in total. The number of hydrogen-bond donors (Lipinski definition) is 0. The molecule has 4 heteroatoms. The Morgan fingerprint density at radius 3 is 1.91 bits per heavy atom. The molecule has 7 aromatic carbocycles. The van der Waals surface area contributed by atoms with Gasteiger partial charge in [-0.3, -0.25) is 0 Å². The van der Waals surface area contributed by atoms with Gasteiger partial charge in [-0.05, 0) is 59.3 Å². The first kappa shape index (κ1) is 24.3. The molecule has 2 nitrogen and oxygen atoms in total. The first-order valence-corrected chi connectivity index (χ1v) is 16.4. The van der Waals surface area contributed by atoms with Crippen LogP contribution in [0.4, 0.5) is 17.1 Å². The summed E-state index contributed by atoms with van der Waals surface area (Å²) in [5.74, 6) is 0. The minimum absolute atomic E-state index is 0.894. The third-order valence-corrected chi connectivity index (χ3v) is 11.2. The molecule has 0 amide bonds. The van der Waals surface area contributed by atoms with Gasteiger partial charge in [0, 0.05) is 63.9 Å². The van der Waals surface area contributed by atoms with Gasteiger partial charge >= 0.3 is 0 Å². The van der Waals surface area contributed by atoms with Crippen molar-refractivity contribution in [3.05, 3.63) is 140 Å². The van der Waals surface area contributed by atoms with E-state index in [-0.39, 0.29) is 0 Å². The van der Waals surface area contributed by atoms with Gasteiger partial charge in [0.15, 0.2) is 0 Å². The second-order valence-electron chi connectivity index (χ2n) is 11.3. The third kappa shape index (κ3) is 3.47. The molecule has 0 aliphatic carbocycles. The Bertz CT molecular complexity index is 2630. The van der Waals surface area contributed by atoms with Crippen molar-refractivity contribution >= 4 is 113 Å². The van der Waals surface area contributed by atoms with Gasteiger partial charge in [0.25, 0.3) is 0 Å². The number of fused-ring (bicyclic) bond motifs is 11. The van der Waals surface area contributed by atoms with Crippen molar-refractivity contribution in [1.82, 2.24) is 0 Å².